The zero-order valence-electron chi connectivity index (χ0n) is 20.6. The van der Waals surface area contributed by atoms with Crippen molar-refractivity contribution in [3.63, 3.8) is 0 Å². The van der Waals surface area contributed by atoms with Crippen LogP contribution in [0, 0.1) is 11.8 Å². The van der Waals surface area contributed by atoms with Crippen LogP contribution in [-0.4, -0.2) is 47.3 Å². The zero-order valence-corrected chi connectivity index (χ0v) is 22.5. The highest BCUT2D eigenvalue weighted by Crippen LogP contribution is 2.43. The summed E-state index contributed by atoms with van der Waals surface area (Å²) < 4.78 is 29.7. The average Bonchev–Trinajstić information content (AvgIpc) is 2.76. The number of carbonyl (C=O) groups excluding carboxylic acids is 2. The van der Waals surface area contributed by atoms with Gasteiger partial charge in [-0.3, -0.25) is 4.79 Å². The largest absolute Gasteiger partial charge is 0.404 e. The molecule has 1 aliphatic carbocycles. The molecule has 1 amide bonds. The number of nitrogens with two attached hydrogens (primary N) is 1. The molecule has 0 radical (unpaired) electrons. The Labute approximate surface area is 209 Å². The molecule has 35 heavy (non-hydrogen) atoms. The Morgan fingerprint density at radius 1 is 1.09 bits per heavy atom. The maximum atomic E-state index is 12.9. The molecule has 3 atom stereocenters. The number of hydrogen-bond acceptors (Lipinski definition) is 5. The number of sulfonamides is 1. The molecule has 0 aromatic heterocycles. The van der Waals surface area contributed by atoms with Crippen LogP contribution in [0.5, 0.6) is 0 Å². The van der Waals surface area contributed by atoms with E-state index in [0.29, 0.717) is 0 Å². The van der Waals surface area contributed by atoms with E-state index in [0.717, 1.165) is 29.5 Å². The van der Waals surface area contributed by atoms with Crippen LogP contribution in [0.25, 0.3) is 0 Å². The average molecular weight is 517 g/mol. The predicted octanol–water partition coefficient (Wildman–Crippen LogP) is 1.95. The molecule has 1 saturated carbocycles. The fourth-order valence-electron chi connectivity index (χ4n) is 4.97. The Hall–Kier alpha value is -2.33. The molecular weight excluding hydrogens is 480 g/mol. The lowest BCUT2D eigenvalue weighted by atomic mass is 9.71. The molecule has 0 heterocycles. The zero-order chi connectivity index (χ0) is 25.7. The van der Waals surface area contributed by atoms with Crippen molar-refractivity contribution in [1.29, 1.82) is 0 Å². The molecule has 1 aliphatic rings. The Bertz CT molecular complexity index is 1060. The summed E-state index contributed by atoms with van der Waals surface area (Å²) >= 11 is 0. The summed E-state index contributed by atoms with van der Waals surface area (Å²) in [5.41, 5.74) is 0. The van der Waals surface area contributed by atoms with Gasteiger partial charge < -0.3 is 14.5 Å². The van der Waals surface area contributed by atoms with E-state index >= 15 is 0 Å². The van der Waals surface area contributed by atoms with Gasteiger partial charge in [0.2, 0.25) is 15.9 Å². The molecule has 3 N–H and O–H groups in total. The predicted molar refractivity (Wildman–Crippen MR) is 140 cm³/mol. The number of amides is 1. The van der Waals surface area contributed by atoms with E-state index in [4.69, 9.17) is 9.56 Å². The summed E-state index contributed by atoms with van der Waals surface area (Å²) in [6.07, 6.45) is 2.11. The van der Waals surface area contributed by atoms with Gasteiger partial charge in [0.05, 0.1) is 18.3 Å². The summed E-state index contributed by atoms with van der Waals surface area (Å²) in [6.45, 7) is 6.44. The second-order valence-electron chi connectivity index (χ2n) is 10.3. The van der Waals surface area contributed by atoms with E-state index in [1.54, 1.807) is 0 Å². The summed E-state index contributed by atoms with van der Waals surface area (Å²) in [5, 5.41) is 9.64. The summed E-state index contributed by atoms with van der Waals surface area (Å²) in [7, 11) is -6.62. The van der Waals surface area contributed by atoms with Gasteiger partial charge in [0, 0.05) is 12.5 Å². The smallest absolute Gasteiger partial charge is 0.261 e. The van der Waals surface area contributed by atoms with Crippen molar-refractivity contribution in [3.8, 4) is 0 Å². The molecule has 7 nitrogen and oxygen atoms in total. The Morgan fingerprint density at radius 2 is 1.63 bits per heavy atom. The highest BCUT2D eigenvalue weighted by atomic mass is 32.2. The fourth-order valence-corrected chi connectivity index (χ4v) is 10.1. The van der Waals surface area contributed by atoms with E-state index in [2.05, 4.69) is 50.4 Å². The molecule has 1 fully saturated rings. The number of hydrogen-bond donors (Lipinski definition) is 2. The van der Waals surface area contributed by atoms with Crippen molar-refractivity contribution in [2.45, 2.75) is 51.2 Å². The van der Waals surface area contributed by atoms with Gasteiger partial charge in [-0.15, -0.1) is 0 Å². The first-order chi connectivity index (χ1) is 16.5. The third kappa shape index (κ3) is 6.46. The molecule has 190 valence electrons. The Morgan fingerprint density at radius 3 is 2.03 bits per heavy atom. The lowest BCUT2D eigenvalue weighted by Gasteiger charge is -2.49. The number of primary sulfonamides is 1. The molecule has 0 aliphatic heterocycles. The van der Waals surface area contributed by atoms with Gasteiger partial charge in [0.1, 0.15) is 6.29 Å². The lowest BCUT2D eigenvalue weighted by molar-refractivity contribution is -0.127. The van der Waals surface area contributed by atoms with Gasteiger partial charge in [-0.1, -0.05) is 81.4 Å². The van der Waals surface area contributed by atoms with Crippen molar-refractivity contribution >= 4 is 40.9 Å². The van der Waals surface area contributed by atoms with Crippen molar-refractivity contribution in [3.05, 3.63) is 60.7 Å². The molecule has 0 unspecified atom stereocenters. The van der Waals surface area contributed by atoms with Crippen LogP contribution >= 0.6 is 0 Å². The fraction of sp³-hybridized carbons (Fsp3) is 0.462. The van der Waals surface area contributed by atoms with Crippen molar-refractivity contribution in [2.75, 3.05) is 12.3 Å². The first-order valence-corrected chi connectivity index (χ1v) is 15.6. The van der Waals surface area contributed by atoms with Crippen molar-refractivity contribution < 1.29 is 22.4 Å². The van der Waals surface area contributed by atoms with Gasteiger partial charge in [-0.25, -0.2) is 13.6 Å². The summed E-state index contributed by atoms with van der Waals surface area (Å²) in [6, 6.07) is 20.3. The molecule has 9 heteroatoms. The summed E-state index contributed by atoms with van der Waals surface area (Å²) in [4.78, 5) is 24.6. The van der Waals surface area contributed by atoms with E-state index in [1.807, 2.05) is 36.4 Å². The lowest BCUT2D eigenvalue weighted by Crippen LogP contribution is -2.68. The van der Waals surface area contributed by atoms with Crippen LogP contribution < -0.4 is 20.8 Å². The second-order valence-corrected chi connectivity index (χ2v) is 16.3. The van der Waals surface area contributed by atoms with E-state index in [9.17, 15) is 18.0 Å². The molecule has 2 aromatic carbocycles. The van der Waals surface area contributed by atoms with Crippen molar-refractivity contribution in [1.82, 2.24) is 5.32 Å². The maximum absolute atomic E-state index is 12.9. The second kappa shape index (κ2) is 11.2. The van der Waals surface area contributed by atoms with E-state index in [1.165, 1.54) is 0 Å². The third-order valence-electron chi connectivity index (χ3n) is 6.88. The number of aldehydes is 1. The normalized spacial score (nSPS) is 19.4. The molecule has 0 saturated heterocycles. The quantitative estimate of drug-likeness (QED) is 0.350. The standard InChI is InChI=1S/C26H36N2O5SSi/c1-26(2,3)35(21-10-6-4-7-11-21,22-12-8-5-9-13-22)33-24(23-15-14-20(23)19-29)18-25(30)28-16-17-34(27,31)32/h4-13,19-20,23-24H,14-18H2,1-3H3,(H,28,30)(H2,27,31,32)/t20-,23+,24-/m0/s1. The highest BCUT2D eigenvalue weighted by Gasteiger charge is 2.53. The Balaban J connectivity index is 2.01. The van der Waals surface area contributed by atoms with Crippen LogP contribution in [0.15, 0.2) is 60.7 Å². The van der Waals surface area contributed by atoms with Crippen LogP contribution in [0.3, 0.4) is 0 Å². The van der Waals surface area contributed by atoms with Gasteiger partial charge in [-0.2, -0.15) is 0 Å². The van der Waals surface area contributed by atoms with Crippen LogP contribution in [0.4, 0.5) is 0 Å². The molecule has 0 bridgehead atoms. The number of benzene rings is 2. The van der Waals surface area contributed by atoms with E-state index in [-0.39, 0.29) is 41.5 Å². The van der Waals surface area contributed by atoms with Gasteiger partial charge in [0.25, 0.3) is 8.32 Å². The molecule has 0 spiro atoms. The SMILES string of the molecule is CC(C)(C)[Si](O[C@@H](CC(=O)NCCS(N)(=O)=O)[C@@H]1CC[C@H]1C=O)(c1ccccc1)c1ccccc1. The number of rotatable bonds is 11. The van der Waals surface area contributed by atoms with E-state index < -0.39 is 24.4 Å². The number of carbonyl (C=O) groups is 2. The van der Waals surface area contributed by atoms with Crippen LogP contribution in [-0.2, 0) is 24.0 Å². The minimum absolute atomic E-state index is 0.0458. The van der Waals surface area contributed by atoms with Crippen LogP contribution in [0.1, 0.15) is 40.0 Å². The monoisotopic (exact) mass is 516 g/mol. The van der Waals surface area contributed by atoms with Gasteiger partial charge in [0.15, 0.2) is 0 Å². The van der Waals surface area contributed by atoms with Crippen LogP contribution in [0.2, 0.25) is 5.04 Å². The maximum Gasteiger partial charge on any atom is 0.261 e. The molecular formula is C26H36N2O5SSi. The summed E-state index contributed by atoms with van der Waals surface area (Å²) in [5.74, 6) is -0.874. The molecule has 2 aromatic rings. The number of nitrogens with one attached hydrogen (secondary N) is 1. The minimum atomic E-state index is -3.68. The molecule has 3 rings (SSSR count). The first kappa shape index (κ1) is 27.3. The minimum Gasteiger partial charge on any atom is -0.404 e. The highest BCUT2D eigenvalue weighted by molar-refractivity contribution is 7.89. The first-order valence-electron chi connectivity index (χ1n) is 12.0. The topological polar surface area (TPSA) is 116 Å². The van der Waals surface area contributed by atoms with Gasteiger partial charge >= 0.3 is 0 Å². The van der Waals surface area contributed by atoms with Crippen molar-refractivity contribution in [2.24, 2.45) is 17.0 Å². The third-order valence-corrected chi connectivity index (χ3v) is 12.7. The Kier molecular flexibility index (Phi) is 8.69. The van der Waals surface area contributed by atoms with Gasteiger partial charge in [-0.05, 0) is 34.2 Å².